The molecule has 1 saturated carbocycles. The smallest absolute Gasteiger partial charge is 0.241 e. The van der Waals surface area contributed by atoms with Gasteiger partial charge in [0, 0.05) is 10.9 Å². The molecule has 0 aromatic carbocycles. The average molecular weight is 278 g/mol. The summed E-state index contributed by atoms with van der Waals surface area (Å²) in [6, 6.07) is 4.55. The van der Waals surface area contributed by atoms with E-state index in [0.717, 1.165) is 6.42 Å². The summed E-state index contributed by atoms with van der Waals surface area (Å²) in [5.41, 5.74) is 0. The maximum absolute atomic E-state index is 12.5. The molecule has 4 atom stereocenters. The Hall–Kier alpha value is -0.870. The lowest BCUT2D eigenvalue weighted by atomic mass is 9.84. The van der Waals surface area contributed by atoms with Crippen LogP contribution < -0.4 is 5.32 Å². The van der Waals surface area contributed by atoms with E-state index >= 15 is 0 Å². The van der Waals surface area contributed by atoms with Gasteiger partial charge in [0.2, 0.25) is 5.91 Å². The number of carbonyl (C=O) groups is 1. The molecule has 3 rings (SSSR count). The Kier molecular flexibility index (Phi) is 3.63. The van der Waals surface area contributed by atoms with E-state index < -0.39 is 0 Å². The largest absolute Gasteiger partial charge is 0.317 e. The van der Waals surface area contributed by atoms with Crippen LogP contribution in [0, 0.1) is 5.92 Å². The molecule has 1 aliphatic carbocycles. The molecule has 0 spiro atoms. The van der Waals surface area contributed by atoms with Gasteiger partial charge in [0.25, 0.3) is 0 Å². The third-order valence-corrected chi connectivity index (χ3v) is 5.47. The van der Waals surface area contributed by atoms with Crippen LogP contribution in [0.4, 0.5) is 0 Å². The highest BCUT2D eigenvalue weighted by molar-refractivity contribution is 7.10. The monoisotopic (exact) mass is 278 g/mol. The fourth-order valence-electron chi connectivity index (χ4n) is 3.47. The van der Waals surface area contributed by atoms with Crippen molar-refractivity contribution in [3.63, 3.8) is 0 Å². The van der Waals surface area contributed by atoms with Gasteiger partial charge in [-0.05, 0) is 37.1 Å². The van der Waals surface area contributed by atoms with E-state index in [4.69, 9.17) is 0 Å². The van der Waals surface area contributed by atoms with Gasteiger partial charge in [0.05, 0.1) is 6.04 Å². The van der Waals surface area contributed by atoms with Gasteiger partial charge < -0.3 is 4.90 Å². The molecular weight excluding hydrogens is 256 g/mol. The van der Waals surface area contributed by atoms with E-state index in [2.05, 4.69) is 34.7 Å². The van der Waals surface area contributed by atoms with Crippen molar-refractivity contribution in [2.75, 3.05) is 0 Å². The van der Waals surface area contributed by atoms with E-state index in [1.807, 2.05) is 6.92 Å². The number of rotatable bonds is 2. The summed E-state index contributed by atoms with van der Waals surface area (Å²) in [5.74, 6) is 0.893. The van der Waals surface area contributed by atoms with E-state index in [-0.39, 0.29) is 18.1 Å². The van der Waals surface area contributed by atoms with Crippen LogP contribution in [0.5, 0.6) is 0 Å². The zero-order chi connectivity index (χ0) is 13.4. The van der Waals surface area contributed by atoms with E-state index in [1.54, 1.807) is 11.3 Å². The van der Waals surface area contributed by atoms with Gasteiger partial charge in [0.1, 0.15) is 6.17 Å². The minimum Gasteiger partial charge on any atom is -0.317 e. The van der Waals surface area contributed by atoms with Crippen molar-refractivity contribution in [1.29, 1.82) is 0 Å². The van der Waals surface area contributed by atoms with Crippen LogP contribution >= 0.6 is 11.3 Å². The summed E-state index contributed by atoms with van der Waals surface area (Å²) >= 11 is 1.74. The Balaban J connectivity index is 1.89. The molecule has 19 heavy (non-hydrogen) atoms. The molecule has 1 saturated heterocycles. The first-order chi connectivity index (χ1) is 9.18. The number of nitrogens with one attached hydrogen (secondary N) is 1. The zero-order valence-corrected chi connectivity index (χ0v) is 12.5. The molecule has 0 radical (unpaired) electrons. The number of nitrogens with zero attached hydrogens (tertiary/aromatic N) is 1. The molecule has 1 aromatic rings. The highest BCUT2D eigenvalue weighted by Gasteiger charge is 2.43. The Morgan fingerprint density at radius 1 is 1.32 bits per heavy atom. The minimum atomic E-state index is -0.0544. The van der Waals surface area contributed by atoms with Crippen molar-refractivity contribution < 1.29 is 4.79 Å². The maximum atomic E-state index is 12.5. The molecule has 1 amide bonds. The van der Waals surface area contributed by atoms with Crippen LogP contribution in [0.2, 0.25) is 0 Å². The van der Waals surface area contributed by atoms with Crippen LogP contribution in [0.1, 0.15) is 50.6 Å². The van der Waals surface area contributed by atoms with Crippen LogP contribution in [-0.2, 0) is 4.79 Å². The molecule has 1 aromatic heterocycles. The van der Waals surface area contributed by atoms with Crippen LogP contribution in [-0.4, -0.2) is 22.9 Å². The minimum absolute atomic E-state index is 0.0544. The van der Waals surface area contributed by atoms with Crippen molar-refractivity contribution in [3.8, 4) is 0 Å². The molecule has 2 fully saturated rings. The Morgan fingerprint density at radius 2 is 2.11 bits per heavy atom. The SMILES string of the molecule is CC1NC(c2cccs2)N(C2CCCCC2C)C1=O. The van der Waals surface area contributed by atoms with E-state index in [9.17, 15) is 4.79 Å². The summed E-state index contributed by atoms with van der Waals surface area (Å²) in [6.45, 7) is 4.28. The van der Waals surface area contributed by atoms with Crippen LogP contribution in [0.15, 0.2) is 17.5 Å². The first-order valence-electron chi connectivity index (χ1n) is 7.30. The molecule has 1 aliphatic heterocycles. The lowest BCUT2D eigenvalue weighted by Gasteiger charge is -2.39. The van der Waals surface area contributed by atoms with Crippen LogP contribution in [0.3, 0.4) is 0 Å². The van der Waals surface area contributed by atoms with Gasteiger partial charge in [-0.25, -0.2) is 0 Å². The topological polar surface area (TPSA) is 32.3 Å². The molecule has 2 heterocycles. The lowest BCUT2D eigenvalue weighted by Crippen LogP contribution is -2.44. The van der Waals surface area contributed by atoms with Crippen molar-refractivity contribution in [2.24, 2.45) is 5.92 Å². The predicted octanol–water partition coefficient (Wildman–Crippen LogP) is 3.15. The van der Waals surface area contributed by atoms with Gasteiger partial charge in [0.15, 0.2) is 0 Å². The molecule has 104 valence electrons. The Morgan fingerprint density at radius 3 is 2.79 bits per heavy atom. The molecule has 1 N–H and O–H groups in total. The second-order valence-corrected chi connectivity index (χ2v) is 6.86. The second kappa shape index (κ2) is 5.25. The fourth-order valence-corrected chi connectivity index (χ4v) is 4.25. The highest BCUT2D eigenvalue weighted by atomic mass is 32.1. The average Bonchev–Trinajstić information content (AvgIpc) is 3.01. The first-order valence-corrected chi connectivity index (χ1v) is 8.18. The highest BCUT2D eigenvalue weighted by Crippen LogP contribution is 2.37. The van der Waals surface area contributed by atoms with Crippen molar-refractivity contribution >= 4 is 17.2 Å². The van der Waals surface area contributed by atoms with E-state index in [0.29, 0.717) is 12.0 Å². The number of carbonyl (C=O) groups excluding carboxylic acids is 1. The van der Waals surface area contributed by atoms with Crippen molar-refractivity contribution in [3.05, 3.63) is 22.4 Å². The number of thiophene rings is 1. The van der Waals surface area contributed by atoms with E-state index in [1.165, 1.54) is 24.1 Å². The van der Waals surface area contributed by atoms with Gasteiger partial charge in [-0.3, -0.25) is 10.1 Å². The summed E-state index contributed by atoms with van der Waals surface area (Å²) in [4.78, 5) is 15.9. The fraction of sp³-hybridized carbons (Fsp3) is 0.667. The molecule has 4 unspecified atom stereocenters. The summed E-state index contributed by atoms with van der Waals surface area (Å²) < 4.78 is 0. The predicted molar refractivity (Wildman–Crippen MR) is 77.9 cm³/mol. The second-order valence-electron chi connectivity index (χ2n) is 5.88. The molecule has 0 bridgehead atoms. The third-order valence-electron chi connectivity index (χ3n) is 4.55. The molecule has 3 nitrogen and oxygen atoms in total. The van der Waals surface area contributed by atoms with Crippen LogP contribution in [0.25, 0.3) is 0 Å². The number of amides is 1. The van der Waals surface area contributed by atoms with Gasteiger partial charge in [-0.1, -0.05) is 25.8 Å². The van der Waals surface area contributed by atoms with Gasteiger partial charge in [-0.2, -0.15) is 0 Å². The Labute approximate surface area is 119 Å². The third kappa shape index (κ3) is 2.32. The standard InChI is InChI=1S/C15H22N2OS/c1-10-6-3-4-7-12(10)17-14(13-8-5-9-19-13)16-11(2)15(17)18/h5,8-12,14,16H,3-4,6-7H2,1-2H3. The first kappa shape index (κ1) is 13.1. The molecular formula is C15H22N2OS. The van der Waals surface area contributed by atoms with Gasteiger partial charge in [-0.15, -0.1) is 11.3 Å². The summed E-state index contributed by atoms with van der Waals surface area (Å²) in [6.07, 6.45) is 5.06. The normalized spacial score (nSPS) is 35.9. The molecule has 4 heteroatoms. The molecule has 2 aliphatic rings. The quantitative estimate of drug-likeness (QED) is 0.901. The number of hydrogen-bond acceptors (Lipinski definition) is 3. The lowest BCUT2D eigenvalue weighted by molar-refractivity contribution is -0.133. The summed E-state index contributed by atoms with van der Waals surface area (Å²) in [7, 11) is 0. The van der Waals surface area contributed by atoms with Crippen molar-refractivity contribution in [1.82, 2.24) is 10.2 Å². The van der Waals surface area contributed by atoms with Gasteiger partial charge >= 0.3 is 0 Å². The number of hydrogen-bond donors (Lipinski definition) is 1. The summed E-state index contributed by atoms with van der Waals surface area (Å²) in [5, 5.41) is 5.55. The zero-order valence-electron chi connectivity index (χ0n) is 11.6. The maximum Gasteiger partial charge on any atom is 0.241 e. The van der Waals surface area contributed by atoms with Crippen molar-refractivity contribution in [2.45, 2.75) is 57.8 Å². The Bertz CT molecular complexity index is 445.